The summed E-state index contributed by atoms with van der Waals surface area (Å²) in [6, 6.07) is 21.4. The van der Waals surface area contributed by atoms with Crippen LogP contribution in [-0.2, 0) is 16.9 Å². The SMILES string of the molecule is COc1ccc(C(=O)C[C@@]2(O)C(=O)N(Cc3ccccc3)c3ccccc32)c(OC)c1. The first-order valence-corrected chi connectivity index (χ1v) is 9.91. The van der Waals surface area contributed by atoms with E-state index in [1.54, 1.807) is 36.4 Å². The summed E-state index contributed by atoms with van der Waals surface area (Å²) >= 11 is 0. The van der Waals surface area contributed by atoms with Gasteiger partial charge in [0.05, 0.1) is 38.4 Å². The smallest absolute Gasteiger partial charge is 0.264 e. The van der Waals surface area contributed by atoms with E-state index < -0.39 is 23.7 Å². The Balaban J connectivity index is 1.68. The van der Waals surface area contributed by atoms with E-state index in [1.165, 1.54) is 19.1 Å². The molecule has 1 aliphatic rings. The number of hydrogen-bond donors (Lipinski definition) is 1. The number of ketones is 1. The Labute approximate surface area is 180 Å². The minimum absolute atomic E-state index is 0.281. The van der Waals surface area contributed by atoms with Crippen LogP contribution in [0.1, 0.15) is 27.9 Å². The largest absolute Gasteiger partial charge is 0.497 e. The van der Waals surface area contributed by atoms with Crippen LogP contribution in [0.15, 0.2) is 72.8 Å². The number of ether oxygens (including phenoxy) is 2. The van der Waals surface area contributed by atoms with Gasteiger partial charge in [-0.2, -0.15) is 0 Å². The fourth-order valence-corrected chi connectivity index (χ4v) is 3.96. The minimum atomic E-state index is -1.95. The van der Waals surface area contributed by atoms with Gasteiger partial charge in [0.15, 0.2) is 11.4 Å². The summed E-state index contributed by atoms with van der Waals surface area (Å²) in [7, 11) is 2.98. The van der Waals surface area contributed by atoms with Gasteiger partial charge in [0, 0.05) is 11.6 Å². The third-order valence-corrected chi connectivity index (χ3v) is 5.55. The Morgan fingerprint density at radius 3 is 2.39 bits per heavy atom. The highest BCUT2D eigenvalue weighted by molar-refractivity contribution is 6.11. The van der Waals surface area contributed by atoms with Crippen molar-refractivity contribution < 1.29 is 24.2 Å². The number of nitrogens with zero attached hydrogens (tertiary/aromatic N) is 1. The Morgan fingerprint density at radius 1 is 0.968 bits per heavy atom. The molecule has 0 aromatic heterocycles. The van der Waals surface area contributed by atoms with Crippen LogP contribution in [0.2, 0.25) is 0 Å². The highest BCUT2D eigenvalue weighted by Crippen LogP contribution is 2.44. The van der Waals surface area contributed by atoms with Crippen molar-refractivity contribution in [3.63, 3.8) is 0 Å². The van der Waals surface area contributed by atoms with Crippen molar-refractivity contribution in [3.8, 4) is 11.5 Å². The molecule has 158 valence electrons. The molecule has 0 unspecified atom stereocenters. The zero-order valence-corrected chi connectivity index (χ0v) is 17.4. The van der Waals surface area contributed by atoms with Crippen LogP contribution in [0.25, 0.3) is 0 Å². The summed E-state index contributed by atoms with van der Waals surface area (Å²) in [5.74, 6) is -0.0404. The molecule has 1 atom stereocenters. The number of fused-ring (bicyclic) bond motifs is 1. The fourth-order valence-electron chi connectivity index (χ4n) is 3.96. The van der Waals surface area contributed by atoms with E-state index in [9.17, 15) is 14.7 Å². The third-order valence-electron chi connectivity index (χ3n) is 5.55. The van der Waals surface area contributed by atoms with Gasteiger partial charge in [0.1, 0.15) is 11.5 Å². The van der Waals surface area contributed by atoms with Crippen LogP contribution < -0.4 is 14.4 Å². The molecule has 1 heterocycles. The first-order chi connectivity index (χ1) is 15.0. The molecule has 4 rings (SSSR count). The second-order valence-corrected chi connectivity index (χ2v) is 7.42. The number of benzene rings is 3. The Hall–Kier alpha value is -3.64. The number of hydrogen-bond acceptors (Lipinski definition) is 5. The van der Waals surface area contributed by atoms with Gasteiger partial charge in [0.2, 0.25) is 0 Å². The molecule has 3 aromatic rings. The number of rotatable bonds is 7. The Bertz CT molecular complexity index is 1130. The van der Waals surface area contributed by atoms with Gasteiger partial charge in [-0.15, -0.1) is 0 Å². The summed E-state index contributed by atoms with van der Waals surface area (Å²) in [5.41, 5.74) is 0.291. The molecule has 0 spiro atoms. The van der Waals surface area contributed by atoms with Crippen molar-refractivity contribution in [2.45, 2.75) is 18.6 Å². The van der Waals surface area contributed by atoms with Crippen LogP contribution in [0, 0.1) is 0 Å². The van der Waals surface area contributed by atoms with Gasteiger partial charge in [0.25, 0.3) is 5.91 Å². The summed E-state index contributed by atoms with van der Waals surface area (Å²) in [5, 5.41) is 11.5. The lowest BCUT2D eigenvalue weighted by Crippen LogP contribution is -2.41. The van der Waals surface area contributed by atoms with Gasteiger partial charge < -0.3 is 19.5 Å². The summed E-state index contributed by atoms with van der Waals surface area (Å²) in [6.45, 7) is 0.305. The third kappa shape index (κ3) is 3.66. The molecule has 0 bridgehead atoms. The standard InChI is InChI=1S/C25H23NO5/c1-30-18-12-13-19(23(14-18)31-2)22(27)15-25(29)20-10-6-7-11-21(20)26(24(25)28)16-17-8-4-3-5-9-17/h3-14,29H,15-16H2,1-2H3/t25-/m0/s1. The van der Waals surface area contributed by atoms with E-state index in [0.29, 0.717) is 29.3 Å². The first-order valence-electron chi connectivity index (χ1n) is 9.91. The molecule has 6 nitrogen and oxygen atoms in total. The quantitative estimate of drug-likeness (QED) is 0.593. The van der Waals surface area contributed by atoms with Gasteiger partial charge in [-0.05, 0) is 23.8 Å². The molecule has 0 saturated carbocycles. The lowest BCUT2D eigenvalue weighted by atomic mass is 9.88. The van der Waals surface area contributed by atoms with E-state index >= 15 is 0 Å². The number of para-hydroxylation sites is 1. The van der Waals surface area contributed by atoms with Crippen LogP contribution in [0.4, 0.5) is 5.69 Å². The summed E-state index contributed by atoms with van der Waals surface area (Å²) in [6.07, 6.45) is -0.392. The van der Waals surface area contributed by atoms with Crippen LogP contribution >= 0.6 is 0 Å². The average molecular weight is 417 g/mol. The second-order valence-electron chi connectivity index (χ2n) is 7.42. The van der Waals surface area contributed by atoms with Crippen LogP contribution in [-0.4, -0.2) is 31.0 Å². The summed E-state index contributed by atoms with van der Waals surface area (Å²) in [4.78, 5) is 28.1. The molecule has 3 aromatic carbocycles. The number of carbonyl (C=O) groups excluding carboxylic acids is 2. The Kier molecular flexibility index (Phi) is 5.48. The maximum absolute atomic E-state index is 13.4. The van der Waals surface area contributed by atoms with E-state index in [4.69, 9.17) is 9.47 Å². The maximum Gasteiger partial charge on any atom is 0.264 e. The van der Waals surface area contributed by atoms with E-state index in [1.807, 2.05) is 36.4 Å². The number of Topliss-reactive ketones (excluding diaryl/α,β-unsaturated/α-hetero) is 1. The zero-order valence-electron chi connectivity index (χ0n) is 17.4. The van der Waals surface area contributed by atoms with E-state index in [2.05, 4.69) is 0 Å². The lowest BCUT2D eigenvalue weighted by Gasteiger charge is -2.23. The van der Waals surface area contributed by atoms with E-state index in [-0.39, 0.29) is 5.56 Å². The zero-order chi connectivity index (χ0) is 22.0. The molecule has 0 fully saturated rings. The van der Waals surface area contributed by atoms with Crippen molar-refractivity contribution in [2.24, 2.45) is 0 Å². The first kappa shape index (κ1) is 20.6. The maximum atomic E-state index is 13.4. The topological polar surface area (TPSA) is 76.1 Å². The monoisotopic (exact) mass is 417 g/mol. The fraction of sp³-hybridized carbons (Fsp3) is 0.200. The van der Waals surface area contributed by atoms with Gasteiger partial charge >= 0.3 is 0 Å². The molecule has 0 saturated heterocycles. The van der Waals surface area contributed by atoms with Crippen molar-refractivity contribution in [3.05, 3.63) is 89.5 Å². The molecule has 0 radical (unpaired) electrons. The van der Waals surface area contributed by atoms with Crippen molar-refractivity contribution in [1.29, 1.82) is 0 Å². The number of carbonyl (C=O) groups is 2. The molecule has 1 N–H and O–H groups in total. The normalized spacial score (nSPS) is 17.4. The molecular formula is C25H23NO5. The van der Waals surface area contributed by atoms with Gasteiger partial charge in [-0.25, -0.2) is 0 Å². The lowest BCUT2D eigenvalue weighted by molar-refractivity contribution is -0.136. The van der Waals surface area contributed by atoms with E-state index in [0.717, 1.165) is 5.56 Å². The van der Waals surface area contributed by atoms with Crippen molar-refractivity contribution in [2.75, 3.05) is 19.1 Å². The molecule has 0 aliphatic carbocycles. The minimum Gasteiger partial charge on any atom is -0.497 e. The summed E-state index contributed by atoms with van der Waals surface area (Å²) < 4.78 is 10.5. The second kappa shape index (κ2) is 8.24. The average Bonchev–Trinajstić information content (AvgIpc) is 3.01. The highest BCUT2D eigenvalue weighted by atomic mass is 16.5. The molecular weight excluding hydrogens is 394 g/mol. The van der Waals surface area contributed by atoms with Gasteiger partial charge in [-0.3, -0.25) is 9.59 Å². The predicted octanol–water partition coefficient (Wildman–Crippen LogP) is 3.71. The number of aliphatic hydroxyl groups is 1. The number of methoxy groups -OCH3 is 2. The van der Waals surface area contributed by atoms with Gasteiger partial charge in [-0.1, -0.05) is 48.5 Å². The predicted molar refractivity (Wildman–Crippen MR) is 116 cm³/mol. The van der Waals surface area contributed by atoms with Crippen LogP contribution in [0.3, 0.4) is 0 Å². The molecule has 31 heavy (non-hydrogen) atoms. The number of amides is 1. The molecule has 1 amide bonds. The van der Waals surface area contributed by atoms with Crippen molar-refractivity contribution >= 4 is 17.4 Å². The van der Waals surface area contributed by atoms with Crippen molar-refractivity contribution in [1.82, 2.24) is 0 Å². The Morgan fingerprint density at radius 2 is 1.68 bits per heavy atom. The van der Waals surface area contributed by atoms with Crippen LogP contribution in [0.5, 0.6) is 11.5 Å². The molecule has 1 aliphatic heterocycles. The molecule has 6 heteroatoms. The number of anilines is 1. The highest BCUT2D eigenvalue weighted by Gasteiger charge is 2.50.